The summed E-state index contributed by atoms with van der Waals surface area (Å²) < 4.78 is 26.8. The third-order valence-corrected chi connectivity index (χ3v) is 6.24. The van der Waals surface area contributed by atoms with Gasteiger partial charge in [-0.3, -0.25) is 0 Å². The fourth-order valence-electron chi connectivity index (χ4n) is 4.06. The number of carbonyl (C=O) groups is 1. The Morgan fingerprint density at radius 2 is 1.50 bits per heavy atom. The second-order valence-electron chi connectivity index (χ2n) is 8.76. The molecule has 2 aromatic carbocycles. The largest absolute Gasteiger partial charge is 0.497 e. The number of hydrogen-bond donors (Lipinski definition) is 0. The van der Waals surface area contributed by atoms with Crippen molar-refractivity contribution >= 4 is 5.97 Å². The Balaban J connectivity index is 1.53. The Bertz CT molecular complexity index is 886. The van der Waals surface area contributed by atoms with Gasteiger partial charge >= 0.3 is 5.97 Å². The monoisotopic (exact) mass is 501 g/mol. The summed E-state index contributed by atoms with van der Waals surface area (Å²) >= 11 is 0. The lowest BCUT2D eigenvalue weighted by atomic mass is 10.1. The van der Waals surface area contributed by atoms with Crippen LogP contribution in [0.15, 0.2) is 42.5 Å². The smallest absolute Gasteiger partial charge is 0.338 e. The summed E-state index contributed by atoms with van der Waals surface area (Å²) in [5, 5.41) is 0. The van der Waals surface area contributed by atoms with Crippen molar-refractivity contribution in [2.75, 3.05) is 54.2 Å². The number of ether oxygens (including phenoxy) is 5. The molecule has 0 saturated carbocycles. The molecule has 0 radical (unpaired) electrons. The van der Waals surface area contributed by atoms with Crippen LogP contribution in [0.5, 0.6) is 17.2 Å². The Morgan fingerprint density at radius 3 is 2.14 bits per heavy atom. The normalized spacial score (nSPS) is 11.8. The van der Waals surface area contributed by atoms with E-state index in [0.717, 1.165) is 57.6 Å². The van der Waals surface area contributed by atoms with Crippen LogP contribution >= 0.6 is 0 Å². The second-order valence-corrected chi connectivity index (χ2v) is 8.76. The molecule has 36 heavy (non-hydrogen) atoms. The molecule has 0 aliphatic carbocycles. The number of esters is 1. The number of likely N-dealkylation sites (N-methyl/N-ethyl adjacent to an activating group) is 1. The zero-order valence-electron chi connectivity index (χ0n) is 22.6. The van der Waals surface area contributed by atoms with Crippen molar-refractivity contribution < 1.29 is 28.5 Å². The maximum atomic E-state index is 12.2. The van der Waals surface area contributed by atoms with E-state index in [1.165, 1.54) is 12.7 Å². The van der Waals surface area contributed by atoms with Gasteiger partial charge in [-0.15, -0.1) is 0 Å². The van der Waals surface area contributed by atoms with E-state index >= 15 is 0 Å². The van der Waals surface area contributed by atoms with Crippen LogP contribution in [0.3, 0.4) is 0 Å². The van der Waals surface area contributed by atoms with E-state index in [-0.39, 0.29) is 5.97 Å². The number of rotatable bonds is 18. The molecule has 0 heterocycles. The molecule has 0 saturated heterocycles. The highest BCUT2D eigenvalue weighted by molar-refractivity contribution is 5.90. The molecule has 0 fully saturated rings. The number of carbonyl (C=O) groups excluding carboxylic acids is 1. The molecule has 1 atom stereocenters. The number of unbranched alkanes of at least 4 members (excludes halogenated alkanes) is 2. The van der Waals surface area contributed by atoms with Crippen molar-refractivity contribution in [2.45, 2.75) is 52.0 Å². The molecule has 7 nitrogen and oxygen atoms in total. The first kappa shape index (κ1) is 29.5. The Hall–Kier alpha value is -2.77. The minimum atomic E-state index is -0.362. The number of benzene rings is 2. The van der Waals surface area contributed by atoms with Crippen LogP contribution in [0, 0.1) is 0 Å². The maximum absolute atomic E-state index is 12.2. The summed E-state index contributed by atoms with van der Waals surface area (Å²) in [4.78, 5) is 14.7. The van der Waals surface area contributed by atoms with E-state index in [0.29, 0.717) is 36.3 Å². The predicted molar refractivity (Wildman–Crippen MR) is 143 cm³/mol. The molecule has 0 amide bonds. The minimum absolute atomic E-state index is 0.362. The van der Waals surface area contributed by atoms with Gasteiger partial charge in [0.05, 0.1) is 33.5 Å². The Labute approximate surface area is 216 Å². The van der Waals surface area contributed by atoms with Crippen LogP contribution in [0.2, 0.25) is 0 Å². The highest BCUT2D eigenvalue weighted by atomic mass is 16.5. The fourth-order valence-corrected chi connectivity index (χ4v) is 4.06. The van der Waals surface area contributed by atoms with Crippen molar-refractivity contribution in [3.05, 3.63) is 53.6 Å². The summed E-state index contributed by atoms with van der Waals surface area (Å²) in [7, 11) is 4.79. The summed E-state index contributed by atoms with van der Waals surface area (Å²) in [6, 6.07) is 13.8. The van der Waals surface area contributed by atoms with E-state index in [9.17, 15) is 4.79 Å². The topological polar surface area (TPSA) is 66.5 Å². The van der Waals surface area contributed by atoms with E-state index in [1.54, 1.807) is 32.4 Å². The van der Waals surface area contributed by atoms with Crippen LogP contribution < -0.4 is 14.2 Å². The molecule has 0 bridgehead atoms. The zero-order valence-corrected chi connectivity index (χ0v) is 22.6. The second kappa shape index (κ2) is 16.8. The zero-order chi connectivity index (χ0) is 26.2. The number of nitrogens with zero attached hydrogens (tertiary/aromatic N) is 1. The summed E-state index contributed by atoms with van der Waals surface area (Å²) in [5.74, 6) is 1.62. The standard InChI is InChI=1S/C29H43NO6/c1-6-30(23(2)21-24-11-14-26(32-3)15-12-24)17-7-8-18-35-19-9-10-20-36-29(31)25-13-16-27(33-4)28(22-25)34-5/h11-16,22-23H,6-10,17-21H2,1-5H3. The lowest BCUT2D eigenvalue weighted by Crippen LogP contribution is -2.35. The molecule has 0 aromatic heterocycles. The van der Waals surface area contributed by atoms with Gasteiger partial charge in [-0.05, 0) is 88.0 Å². The van der Waals surface area contributed by atoms with Gasteiger partial charge in [0.25, 0.3) is 0 Å². The van der Waals surface area contributed by atoms with E-state index in [2.05, 4.69) is 30.9 Å². The maximum Gasteiger partial charge on any atom is 0.338 e. The van der Waals surface area contributed by atoms with Crippen molar-refractivity contribution in [3.8, 4) is 17.2 Å². The highest BCUT2D eigenvalue weighted by Crippen LogP contribution is 2.27. The van der Waals surface area contributed by atoms with Gasteiger partial charge in [-0.2, -0.15) is 0 Å². The Kier molecular flexibility index (Phi) is 13.8. The summed E-state index contributed by atoms with van der Waals surface area (Å²) in [6.07, 6.45) is 4.82. The van der Waals surface area contributed by atoms with Gasteiger partial charge in [0.2, 0.25) is 0 Å². The quantitative estimate of drug-likeness (QED) is 0.200. The average molecular weight is 502 g/mol. The van der Waals surface area contributed by atoms with Gasteiger partial charge in [0.15, 0.2) is 11.5 Å². The van der Waals surface area contributed by atoms with Crippen LogP contribution in [-0.2, 0) is 15.9 Å². The van der Waals surface area contributed by atoms with E-state index in [4.69, 9.17) is 23.7 Å². The molecular weight excluding hydrogens is 458 g/mol. The lowest BCUT2D eigenvalue weighted by molar-refractivity contribution is 0.0480. The molecule has 0 aliphatic rings. The van der Waals surface area contributed by atoms with Gasteiger partial charge < -0.3 is 28.6 Å². The summed E-state index contributed by atoms with van der Waals surface area (Å²) in [5.41, 5.74) is 1.78. The van der Waals surface area contributed by atoms with Gasteiger partial charge in [0.1, 0.15) is 5.75 Å². The van der Waals surface area contributed by atoms with Crippen molar-refractivity contribution in [2.24, 2.45) is 0 Å². The molecule has 0 spiro atoms. The molecule has 0 N–H and O–H groups in total. The van der Waals surface area contributed by atoms with Gasteiger partial charge in [-0.1, -0.05) is 19.1 Å². The molecule has 200 valence electrons. The molecule has 7 heteroatoms. The fraction of sp³-hybridized carbons (Fsp3) is 0.552. The third-order valence-electron chi connectivity index (χ3n) is 6.24. The molecule has 1 unspecified atom stereocenters. The first-order valence-corrected chi connectivity index (χ1v) is 12.9. The average Bonchev–Trinajstić information content (AvgIpc) is 2.91. The van der Waals surface area contributed by atoms with Gasteiger partial charge in [-0.25, -0.2) is 4.79 Å². The molecule has 0 aliphatic heterocycles. The first-order valence-electron chi connectivity index (χ1n) is 12.9. The molecule has 2 aromatic rings. The van der Waals surface area contributed by atoms with Crippen LogP contribution in [-0.4, -0.2) is 71.2 Å². The van der Waals surface area contributed by atoms with Crippen molar-refractivity contribution in [1.82, 2.24) is 4.90 Å². The Morgan fingerprint density at radius 1 is 0.833 bits per heavy atom. The third kappa shape index (κ3) is 10.1. The van der Waals surface area contributed by atoms with Crippen LogP contribution in [0.4, 0.5) is 0 Å². The number of methoxy groups -OCH3 is 3. The highest BCUT2D eigenvalue weighted by Gasteiger charge is 2.13. The predicted octanol–water partition coefficient (Wildman–Crippen LogP) is 5.40. The lowest BCUT2D eigenvalue weighted by Gasteiger charge is -2.28. The number of hydrogen-bond acceptors (Lipinski definition) is 7. The SMILES string of the molecule is CCN(CCCCOCCCCOC(=O)c1ccc(OC)c(OC)c1)C(C)Cc1ccc(OC)cc1. The van der Waals surface area contributed by atoms with Crippen LogP contribution in [0.1, 0.15) is 55.5 Å². The molecule has 2 rings (SSSR count). The van der Waals surface area contributed by atoms with E-state index in [1.807, 2.05) is 12.1 Å². The van der Waals surface area contributed by atoms with E-state index < -0.39 is 0 Å². The molecular formula is C29H43NO6. The first-order chi connectivity index (χ1) is 17.5. The van der Waals surface area contributed by atoms with Crippen LogP contribution in [0.25, 0.3) is 0 Å². The van der Waals surface area contributed by atoms with Crippen molar-refractivity contribution in [1.29, 1.82) is 0 Å². The minimum Gasteiger partial charge on any atom is -0.497 e. The van der Waals surface area contributed by atoms with Crippen molar-refractivity contribution in [3.63, 3.8) is 0 Å². The summed E-state index contributed by atoms with van der Waals surface area (Å²) in [6.45, 7) is 8.44. The van der Waals surface area contributed by atoms with Gasteiger partial charge in [0, 0.05) is 19.3 Å².